The Labute approximate surface area is 112 Å². The van der Waals surface area contributed by atoms with Gasteiger partial charge in [0.1, 0.15) is 5.75 Å². The predicted octanol–water partition coefficient (Wildman–Crippen LogP) is 0.489. The summed E-state index contributed by atoms with van der Waals surface area (Å²) in [6, 6.07) is 6.80. The van der Waals surface area contributed by atoms with Crippen LogP contribution in [0.4, 0.5) is 5.69 Å². The van der Waals surface area contributed by atoms with E-state index in [9.17, 15) is 9.59 Å². The first kappa shape index (κ1) is 15.0. The summed E-state index contributed by atoms with van der Waals surface area (Å²) in [4.78, 5) is 22.5. The fourth-order valence-corrected chi connectivity index (χ4v) is 1.39. The number of hydrogen-bond acceptors (Lipinski definition) is 4. The lowest BCUT2D eigenvalue weighted by Crippen LogP contribution is -2.28. The van der Waals surface area contributed by atoms with Gasteiger partial charge in [0.05, 0.1) is 0 Å². The normalized spacial score (nSPS) is 9.79. The summed E-state index contributed by atoms with van der Waals surface area (Å²) < 4.78 is 5.28. The second kappa shape index (κ2) is 8.10. The van der Waals surface area contributed by atoms with Crippen molar-refractivity contribution >= 4 is 17.5 Å². The molecule has 1 aromatic carbocycles. The van der Waals surface area contributed by atoms with E-state index >= 15 is 0 Å². The summed E-state index contributed by atoms with van der Waals surface area (Å²) in [7, 11) is 0. The summed E-state index contributed by atoms with van der Waals surface area (Å²) in [6.07, 6.45) is 0.287. The Morgan fingerprint density at radius 2 is 1.89 bits per heavy atom. The first-order chi connectivity index (χ1) is 9.15. The number of nitrogens with one attached hydrogen (secondary N) is 2. The minimum absolute atomic E-state index is 0.0211. The summed E-state index contributed by atoms with van der Waals surface area (Å²) in [6.45, 7) is 2.72. The average molecular weight is 265 g/mol. The van der Waals surface area contributed by atoms with Gasteiger partial charge in [-0.15, -0.1) is 0 Å². The SMILES string of the molecule is CCNC(=O)COc1ccc(NC(=O)CCN)cc1. The standard InChI is InChI=1S/C13H19N3O3/c1-2-15-13(18)9-19-11-5-3-10(4-6-11)16-12(17)7-8-14/h3-6H,2,7-9,14H2,1H3,(H,15,18)(H,16,17). The number of anilines is 1. The van der Waals surface area contributed by atoms with Crippen molar-refractivity contribution in [3.8, 4) is 5.75 Å². The van der Waals surface area contributed by atoms with Gasteiger partial charge in [0, 0.05) is 25.2 Å². The number of benzene rings is 1. The molecule has 19 heavy (non-hydrogen) atoms. The molecule has 0 saturated heterocycles. The van der Waals surface area contributed by atoms with Crippen LogP contribution < -0.4 is 21.1 Å². The predicted molar refractivity (Wildman–Crippen MR) is 72.9 cm³/mol. The van der Waals surface area contributed by atoms with Gasteiger partial charge in [-0.1, -0.05) is 0 Å². The van der Waals surface area contributed by atoms with Crippen molar-refractivity contribution in [1.82, 2.24) is 5.32 Å². The van der Waals surface area contributed by atoms with Gasteiger partial charge in [-0.3, -0.25) is 9.59 Å². The maximum Gasteiger partial charge on any atom is 0.257 e. The van der Waals surface area contributed by atoms with Gasteiger partial charge in [-0.05, 0) is 31.2 Å². The molecular formula is C13H19N3O3. The van der Waals surface area contributed by atoms with Gasteiger partial charge >= 0.3 is 0 Å². The molecule has 6 nitrogen and oxygen atoms in total. The lowest BCUT2D eigenvalue weighted by Gasteiger charge is -2.08. The number of rotatable bonds is 7. The number of hydrogen-bond donors (Lipinski definition) is 3. The lowest BCUT2D eigenvalue weighted by atomic mass is 10.3. The van der Waals surface area contributed by atoms with Crippen molar-refractivity contribution in [2.45, 2.75) is 13.3 Å². The van der Waals surface area contributed by atoms with Crippen LogP contribution in [-0.4, -0.2) is 31.5 Å². The average Bonchev–Trinajstić information content (AvgIpc) is 2.38. The van der Waals surface area contributed by atoms with Gasteiger partial charge < -0.3 is 21.1 Å². The number of ether oxygens (including phenoxy) is 1. The molecule has 1 rings (SSSR count). The van der Waals surface area contributed by atoms with Gasteiger partial charge in [-0.25, -0.2) is 0 Å². The summed E-state index contributed by atoms with van der Waals surface area (Å²) >= 11 is 0. The van der Waals surface area contributed by atoms with Gasteiger partial charge in [0.2, 0.25) is 5.91 Å². The second-order valence-corrected chi connectivity index (χ2v) is 3.85. The highest BCUT2D eigenvalue weighted by Crippen LogP contribution is 2.15. The molecule has 0 aliphatic carbocycles. The van der Waals surface area contributed by atoms with Crippen LogP contribution in [-0.2, 0) is 9.59 Å². The van der Waals surface area contributed by atoms with Gasteiger partial charge in [0.25, 0.3) is 5.91 Å². The zero-order valence-corrected chi connectivity index (χ0v) is 10.9. The Kier molecular flexibility index (Phi) is 6.38. The molecule has 0 aromatic heterocycles. The van der Waals surface area contributed by atoms with E-state index in [1.165, 1.54) is 0 Å². The Morgan fingerprint density at radius 1 is 1.21 bits per heavy atom. The molecule has 0 aliphatic rings. The molecule has 0 spiro atoms. The fraction of sp³-hybridized carbons (Fsp3) is 0.385. The number of nitrogens with two attached hydrogens (primary N) is 1. The van der Waals surface area contributed by atoms with E-state index in [-0.39, 0.29) is 24.8 Å². The molecule has 6 heteroatoms. The maximum absolute atomic E-state index is 11.3. The van der Waals surface area contributed by atoms with Crippen LogP contribution in [0.3, 0.4) is 0 Å². The van der Waals surface area contributed by atoms with Crippen molar-refractivity contribution in [1.29, 1.82) is 0 Å². The molecule has 0 saturated carbocycles. The minimum Gasteiger partial charge on any atom is -0.484 e. The quantitative estimate of drug-likeness (QED) is 0.669. The largest absolute Gasteiger partial charge is 0.484 e. The third-order valence-electron chi connectivity index (χ3n) is 2.25. The monoisotopic (exact) mass is 265 g/mol. The molecule has 0 radical (unpaired) electrons. The van der Waals surface area contributed by atoms with Crippen molar-refractivity contribution in [3.05, 3.63) is 24.3 Å². The fourth-order valence-electron chi connectivity index (χ4n) is 1.39. The molecular weight excluding hydrogens is 246 g/mol. The van der Waals surface area contributed by atoms with E-state index in [4.69, 9.17) is 10.5 Å². The zero-order chi connectivity index (χ0) is 14.1. The number of carbonyl (C=O) groups excluding carboxylic acids is 2. The zero-order valence-electron chi connectivity index (χ0n) is 10.9. The van der Waals surface area contributed by atoms with Crippen LogP contribution >= 0.6 is 0 Å². The van der Waals surface area contributed by atoms with Gasteiger partial charge in [0.15, 0.2) is 6.61 Å². The lowest BCUT2D eigenvalue weighted by molar-refractivity contribution is -0.123. The number of amides is 2. The van der Waals surface area contributed by atoms with Crippen LogP contribution in [0.5, 0.6) is 5.75 Å². The van der Waals surface area contributed by atoms with Crippen molar-refractivity contribution in [2.24, 2.45) is 5.73 Å². The summed E-state index contributed by atoms with van der Waals surface area (Å²) in [5.41, 5.74) is 5.95. The molecule has 4 N–H and O–H groups in total. The molecule has 0 fully saturated rings. The van der Waals surface area contributed by atoms with E-state index in [2.05, 4.69) is 10.6 Å². The van der Waals surface area contributed by atoms with Crippen molar-refractivity contribution < 1.29 is 14.3 Å². The third kappa shape index (κ3) is 5.87. The van der Waals surface area contributed by atoms with Crippen molar-refractivity contribution in [3.63, 3.8) is 0 Å². The highest BCUT2D eigenvalue weighted by atomic mass is 16.5. The van der Waals surface area contributed by atoms with E-state index < -0.39 is 0 Å². The van der Waals surface area contributed by atoms with Crippen LogP contribution in [0, 0.1) is 0 Å². The first-order valence-electron chi connectivity index (χ1n) is 6.15. The maximum atomic E-state index is 11.3. The van der Waals surface area contributed by atoms with E-state index in [1.807, 2.05) is 6.92 Å². The highest BCUT2D eigenvalue weighted by Gasteiger charge is 2.03. The molecule has 104 valence electrons. The highest BCUT2D eigenvalue weighted by molar-refractivity contribution is 5.90. The topological polar surface area (TPSA) is 93.5 Å². The van der Waals surface area contributed by atoms with Crippen molar-refractivity contribution in [2.75, 3.05) is 25.0 Å². The Morgan fingerprint density at radius 3 is 2.47 bits per heavy atom. The molecule has 0 heterocycles. The molecule has 2 amide bonds. The number of carbonyl (C=O) groups is 2. The molecule has 0 unspecified atom stereocenters. The second-order valence-electron chi connectivity index (χ2n) is 3.85. The van der Waals surface area contributed by atoms with Crippen LogP contribution in [0.25, 0.3) is 0 Å². The van der Waals surface area contributed by atoms with Crippen LogP contribution in [0.2, 0.25) is 0 Å². The Hall–Kier alpha value is -2.08. The van der Waals surface area contributed by atoms with E-state index in [1.54, 1.807) is 24.3 Å². The number of likely N-dealkylation sites (N-methyl/N-ethyl adjacent to an activating group) is 1. The first-order valence-corrected chi connectivity index (χ1v) is 6.15. The molecule has 1 aromatic rings. The summed E-state index contributed by atoms with van der Waals surface area (Å²) in [5, 5.41) is 5.34. The molecule has 0 bridgehead atoms. The molecule has 0 atom stereocenters. The minimum atomic E-state index is -0.164. The van der Waals surface area contributed by atoms with Crippen LogP contribution in [0.1, 0.15) is 13.3 Å². The van der Waals surface area contributed by atoms with Crippen LogP contribution in [0.15, 0.2) is 24.3 Å². The van der Waals surface area contributed by atoms with Gasteiger partial charge in [-0.2, -0.15) is 0 Å². The Bertz CT molecular complexity index is 418. The van der Waals surface area contributed by atoms with E-state index in [0.717, 1.165) is 0 Å². The molecule has 0 aliphatic heterocycles. The smallest absolute Gasteiger partial charge is 0.257 e. The Balaban J connectivity index is 2.43. The summed E-state index contributed by atoms with van der Waals surface area (Å²) in [5.74, 6) is 0.282. The van der Waals surface area contributed by atoms with E-state index in [0.29, 0.717) is 24.5 Å². The third-order valence-corrected chi connectivity index (χ3v) is 2.25.